The van der Waals surface area contributed by atoms with E-state index in [9.17, 15) is 4.79 Å². The van der Waals surface area contributed by atoms with E-state index in [-0.39, 0.29) is 11.9 Å². The number of aryl methyl sites for hydroxylation is 2. The number of carbonyl (C=O) groups is 1. The SMILES string of the molecule is COc1cc(C)c([C@@H](C)NC(=O)[C@@H](C)Oc2cccc(C)c2)cc1C(C)C. The highest BCUT2D eigenvalue weighted by molar-refractivity contribution is 5.81. The molecule has 0 heterocycles. The average molecular weight is 370 g/mol. The molecule has 1 amide bonds. The van der Waals surface area contributed by atoms with Crippen LogP contribution in [0.3, 0.4) is 0 Å². The standard InChI is InChI=1S/C23H31NO3/c1-14(2)20-13-21(16(4)12-22(20)26-7)17(5)24-23(25)18(6)27-19-10-8-9-15(3)11-19/h8-14,17-18H,1-7H3,(H,24,25)/t17-,18-/m1/s1. The second-order valence-corrected chi connectivity index (χ2v) is 7.41. The largest absolute Gasteiger partial charge is 0.496 e. The lowest BCUT2D eigenvalue weighted by Crippen LogP contribution is -2.38. The molecule has 4 heteroatoms. The van der Waals surface area contributed by atoms with E-state index in [1.165, 1.54) is 0 Å². The van der Waals surface area contributed by atoms with Crippen LogP contribution in [0.25, 0.3) is 0 Å². The van der Waals surface area contributed by atoms with Gasteiger partial charge in [0.1, 0.15) is 11.5 Å². The lowest BCUT2D eigenvalue weighted by molar-refractivity contribution is -0.127. The molecule has 2 atom stereocenters. The van der Waals surface area contributed by atoms with Gasteiger partial charge in [0.2, 0.25) is 0 Å². The van der Waals surface area contributed by atoms with Crippen LogP contribution in [0.2, 0.25) is 0 Å². The van der Waals surface area contributed by atoms with Gasteiger partial charge in [-0.15, -0.1) is 0 Å². The molecule has 2 rings (SSSR count). The molecular formula is C23H31NO3. The fraction of sp³-hybridized carbons (Fsp3) is 0.435. The molecule has 0 aliphatic heterocycles. The van der Waals surface area contributed by atoms with Gasteiger partial charge in [-0.3, -0.25) is 4.79 Å². The number of ether oxygens (including phenoxy) is 2. The van der Waals surface area contributed by atoms with Gasteiger partial charge in [-0.2, -0.15) is 0 Å². The van der Waals surface area contributed by atoms with E-state index < -0.39 is 6.10 Å². The summed E-state index contributed by atoms with van der Waals surface area (Å²) < 4.78 is 11.3. The van der Waals surface area contributed by atoms with Gasteiger partial charge in [-0.1, -0.05) is 26.0 Å². The molecular weight excluding hydrogens is 338 g/mol. The van der Waals surface area contributed by atoms with Crippen LogP contribution in [0.1, 0.15) is 61.9 Å². The van der Waals surface area contributed by atoms with E-state index in [0.29, 0.717) is 11.7 Å². The number of nitrogens with one attached hydrogen (secondary N) is 1. The highest BCUT2D eigenvalue weighted by atomic mass is 16.5. The molecule has 0 saturated heterocycles. The number of rotatable bonds is 7. The second-order valence-electron chi connectivity index (χ2n) is 7.41. The van der Waals surface area contributed by atoms with Crippen LogP contribution in [-0.4, -0.2) is 19.1 Å². The van der Waals surface area contributed by atoms with Crippen molar-refractivity contribution in [2.24, 2.45) is 0 Å². The van der Waals surface area contributed by atoms with Crippen molar-refractivity contribution in [3.8, 4) is 11.5 Å². The summed E-state index contributed by atoms with van der Waals surface area (Å²) in [5, 5.41) is 3.07. The molecule has 0 unspecified atom stereocenters. The Morgan fingerprint density at radius 1 is 1.00 bits per heavy atom. The zero-order valence-corrected chi connectivity index (χ0v) is 17.4. The van der Waals surface area contributed by atoms with Gasteiger partial charge >= 0.3 is 0 Å². The molecule has 4 nitrogen and oxygen atoms in total. The van der Waals surface area contributed by atoms with E-state index in [0.717, 1.165) is 28.0 Å². The maximum Gasteiger partial charge on any atom is 0.261 e. The molecule has 27 heavy (non-hydrogen) atoms. The quantitative estimate of drug-likeness (QED) is 0.740. The number of hydrogen-bond acceptors (Lipinski definition) is 3. The van der Waals surface area contributed by atoms with Gasteiger partial charge in [-0.05, 0) is 80.1 Å². The summed E-state index contributed by atoms with van der Waals surface area (Å²) in [6.45, 7) is 12.1. The topological polar surface area (TPSA) is 47.6 Å². The zero-order chi connectivity index (χ0) is 20.1. The van der Waals surface area contributed by atoms with Gasteiger partial charge in [0.05, 0.1) is 13.2 Å². The molecule has 0 aromatic heterocycles. The molecule has 0 bridgehead atoms. The minimum atomic E-state index is -0.572. The van der Waals surface area contributed by atoms with Crippen molar-refractivity contribution in [2.75, 3.05) is 7.11 Å². The van der Waals surface area contributed by atoms with Crippen LogP contribution in [0.15, 0.2) is 36.4 Å². The number of hydrogen-bond donors (Lipinski definition) is 1. The van der Waals surface area contributed by atoms with Crippen LogP contribution in [0.5, 0.6) is 11.5 Å². The van der Waals surface area contributed by atoms with Crippen molar-refractivity contribution in [2.45, 2.75) is 59.6 Å². The van der Waals surface area contributed by atoms with Crippen molar-refractivity contribution in [3.05, 3.63) is 58.7 Å². The summed E-state index contributed by atoms with van der Waals surface area (Å²) in [4.78, 5) is 12.6. The third-order valence-corrected chi connectivity index (χ3v) is 4.74. The third-order valence-electron chi connectivity index (χ3n) is 4.74. The first-order chi connectivity index (χ1) is 12.7. The number of methoxy groups -OCH3 is 1. The lowest BCUT2D eigenvalue weighted by Gasteiger charge is -2.23. The molecule has 1 N–H and O–H groups in total. The summed E-state index contributed by atoms with van der Waals surface area (Å²) in [6.07, 6.45) is -0.572. The fourth-order valence-corrected chi connectivity index (χ4v) is 3.17. The summed E-state index contributed by atoms with van der Waals surface area (Å²) in [5.41, 5.74) is 4.43. The van der Waals surface area contributed by atoms with Crippen molar-refractivity contribution >= 4 is 5.91 Å². The predicted molar refractivity (Wildman–Crippen MR) is 110 cm³/mol. The number of carbonyl (C=O) groups excluding carboxylic acids is 1. The fourth-order valence-electron chi connectivity index (χ4n) is 3.17. The molecule has 0 aliphatic rings. The first kappa shape index (κ1) is 20.8. The van der Waals surface area contributed by atoms with Crippen LogP contribution in [0.4, 0.5) is 0 Å². The molecule has 0 saturated carbocycles. The molecule has 2 aromatic carbocycles. The van der Waals surface area contributed by atoms with Crippen LogP contribution in [-0.2, 0) is 4.79 Å². The van der Waals surface area contributed by atoms with Crippen molar-refractivity contribution in [3.63, 3.8) is 0 Å². The van der Waals surface area contributed by atoms with E-state index in [2.05, 4.69) is 25.2 Å². The summed E-state index contributed by atoms with van der Waals surface area (Å²) in [7, 11) is 1.69. The Hall–Kier alpha value is -2.49. The summed E-state index contributed by atoms with van der Waals surface area (Å²) >= 11 is 0. The first-order valence-electron chi connectivity index (χ1n) is 9.45. The number of benzene rings is 2. The predicted octanol–water partition coefficient (Wildman–Crippen LogP) is 5.08. The van der Waals surface area contributed by atoms with E-state index >= 15 is 0 Å². The Labute approximate surface area is 162 Å². The lowest BCUT2D eigenvalue weighted by atomic mass is 9.93. The Bertz CT molecular complexity index is 798. The molecule has 0 spiro atoms. The Morgan fingerprint density at radius 2 is 1.70 bits per heavy atom. The van der Waals surface area contributed by atoms with Gasteiger partial charge in [-0.25, -0.2) is 0 Å². The minimum Gasteiger partial charge on any atom is -0.496 e. The maximum absolute atomic E-state index is 12.6. The van der Waals surface area contributed by atoms with Crippen molar-refractivity contribution < 1.29 is 14.3 Å². The molecule has 146 valence electrons. The highest BCUT2D eigenvalue weighted by Crippen LogP contribution is 2.32. The van der Waals surface area contributed by atoms with E-state index in [1.54, 1.807) is 14.0 Å². The van der Waals surface area contributed by atoms with Crippen LogP contribution >= 0.6 is 0 Å². The Morgan fingerprint density at radius 3 is 2.30 bits per heavy atom. The zero-order valence-electron chi connectivity index (χ0n) is 17.4. The monoisotopic (exact) mass is 369 g/mol. The Balaban J connectivity index is 2.12. The molecule has 0 fully saturated rings. The molecule has 0 radical (unpaired) electrons. The van der Waals surface area contributed by atoms with Gasteiger partial charge in [0.15, 0.2) is 6.10 Å². The van der Waals surface area contributed by atoms with Crippen molar-refractivity contribution in [1.29, 1.82) is 0 Å². The smallest absolute Gasteiger partial charge is 0.261 e. The van der Waals surface area contributed by atoms with Gasteiger partial charge < -0.3 is 14.8 Å². The summed E-state index contributed by atoms with van der Waals surface area (Å²) in [6, 6.07) is 11.8. The Kier molecular flexibility index (Phi) is 6.89. The minimum absolute atomic E-state index is 0.121. The van der Waals surface area contributed by atoms with E-state index in [1.807, 2.05) is 51.1 Å². The molecule has 0 aliphatic carbocycles. The highest BCUT2D eigenvalue weighted by Gasteiger charge is 2.20. The molecule has 2 aromatic rings. The van der Waals surface area contributed by atoms with Gasteiger partial charge in [0, 0.05) is 0 Å². The van der Waals surface area contributed by atoms with Gasteiger partial charge in [0.25, 0.3) is 5.91 Å². The van der Waals surface area contributed by atoms with Crippen LogP contribution < -0.4 is 14.8 Å². The summed E-state index contributed by atoms with van der Waals surface area (Å²) in [5.74, 6) is 1.80. The maximum atomic E-state index is 12.6. The average Bonchev–Trinajstić information content (AvgIpc) is 2.60. The normalized spacial score (nSPS) is 13.2. The second kappa shape index (κ2) is 8.94. The number of amides is 1. The first-order valence-corrected chi connectivity index (χ1v) is 9.45. The van der Waals surface area contributed by atoms with Crippen molar-refractivity contribution in [1.82, 2.24) is 5.32 Å². The third kappa shape index (κ3) is 5.25. The van der Waals surface area contributed by atoms with E-state index in [4.69, 9.17) is 9.47 Å². The van der Waals surface area contributed by atoms with Crippen LogP contribution in [0, 0.1) is 13.8 Å².